The molecule has 0 aliphatic heterocycles. The van der Waals surface area contributed by atoms with Gasteiger partial charge in [0.05, 0.1) is 5.56 Å². The van der Waals surface area contributed by atoms with E-state index in [1.807, 2.05) is 25.9 Å². The van der Waals surface area contributed by atoms with E-state index in [-0.39, 0.29) is 27.8 Å². The molecule has 0 aliphatic rings. The standard InChI is InChI=1S/C22H23F2N5O2S/c1-12(11-29(2)3)26-21(31)13-7-9-14(10-8-13)27-22-28-20(25)19(32-22)18(30)17-15(23)5-4-6-16(17)24/h4-10,12H,11,25H2,1-3H3,(H,26,31)(H,27,28)/t12-/m0/s1. The first-order chi connectivity index (χ1) is 15.2. The van der Waals surface area contributed by atoms with E-state index in [2.05, 4.69) is 15.6 Å². The highest BCUT2D eigenvalue weighted by Crippen LogP contribution is 2.31. The molecular weight excluding hydrogens is 436 g/mol. The van der Waals surface area contributed by atoms with Crippen LogP contribution in [-0.4, -0.2) is 48.3 Å². The number of nitrogen functional groups attached to an aromatic ring is 1. The molecule has 168 valence electrons. The summed E-state index contributed by atoms with van der Waals surface area (Å²) in [6, 6.07) is 9.84. The van der Waals surface area contributed by atoms with Crippen molar-refractivity contribution in [1.82, 2.24) is 15.2 Å². The molecule has 10 heteroatoms. The van der Waals surface area contributed by atoms with Crippen molar-refractivity contribution in [2.24, 2.45) is 0 Å². The quantitative estimate of drug-likeness (QED) is 0.445. The highest BCUT2D eigenvalue weighted by molar-refractivity contribution is 7.18. The van der Waals surface area contributed by atoms with E-state index in [1.165, 1.54) is 6.07 Å². The predicted molar refractivity (Wildman–Crippen MR) is 122 cm³/mol. The first-order valence-electron chi connectivity index (χ1n) is 9.73. The zero-order valence-electron chi connectivity index (χ0n) is 17.8. The lowest BCUT2D eigenvalue weighted by molar-refractivity contribution is 0.0933. The van der Waals surface area contributed by atoms with Gasteiger partial charge >= 0.3 is 0 Å². The number of carbonyl (C=O) groups is 2. The Bertz CT molecular complexity index is 1110. The zero-order chi connectivity index (χ0) is 23.4. The molecule has 0 spiro atoms. The van der Waals surface area contributed by atoms with Crippen LogP contribution in [-0.2, 0) is 0 Å². The summed E-state index contributed by atoms with van der Waals surface area (Å²) < 4.78 is 27.9. The third-order valence-electron chi connectivity index (χ3n) is 4.46. The molecule has 0 fully saturated rings. The number of halogens is 2. The van der Waals surface area contributed by atoms with Crippen LogP contribution < -0.4 is 16.4 Å². The number of nitrogens with two attached hydrogens (primary N) is 1. The molecule has 1 heterocycles. The number of anilines is 3. The molecule has 0 bridgehead atoms. The summed E-state index contributed by atoms with van der Waals surface area (Å²) in [6.45, 7) is 2.64. The number of nitrogens with one attached hydrogen (secondary N) is 2. The van der Waals surface area contributed by atoms with Gasteiger partial charge in [0, 0.05) is 23.8 Å². The lowest BCUT2D eigenvalue weighted by atomic mass is 10.1. The number of rotatable bonds is 8. The molecule has 7 nitrogen and oxygen atoms in total. The normalized spacial score (nSPS) is 11.9. The SMILES string of the molecule is C[C@@H](CN(C)C)NC(=O)c1ccc(Nc2nc(N)c(C(=O)c3c(F)cccc3F)s2)cc1. The van der Waals surface area contributed by atoms with Crippen molar-refractivity contribution in [3.63, 3.8) is 0 Å². The van der Waals surface area contributed by atoms with Gasteiger partial charge in [-0.25, -0.2) is 13.8 Å². The molecule has 0 saturated carbocycles. The van der Waals surface area contributed by atoms with Gasteiger partial charge in [-0.1, -0.05) is 17.4 Å². The minimum Gasteiger partial charge on any atom is -0.382 e. The fraction of sp³-hybridized carbons (Fsp3) is 0.227. The molecule has 0 radical (unpaired) electrons. The van der Waals surface area contributed by atoms with Gasteiger partial charge in [0.25, 0.3) is 5.91 Å². The second kappa shape index (κ2) is 9.84. The Kier molecular flexibility index (Phi) is 7.16. The van der Waals surface area contributed by atoms with Crippen molar-refractivity contribution in [2.45, 2.75) is 13.0 Å². The van der Waals surface area contributed by atoms with Gasteiger partial charge in [-0.3, -0.25) is 9.59 Å². The maximum Gasteiger partial charge on any atom is 0.251 e. The summed E-state index contributed by atoms with van der Waals surface area (Å²) in [5, 5.41) is 6.18. The monoisotopic (exact) mass is 459 g/mol. The number of likely N-dealkylation sites (N-methyl/N-ethyl adjacent to an activating group) is 1. The number of hydrogen-bond donors (Lipinski definition) is 3. The fourth-order valence-electron chi connectivity index (χ4n) is 3.11. The van der Waals surface area contributed by atoms with Gasteiger partial charge in [-0.05, 0) is 57.4 Å². The summed E-state index contributed by atoms with van der Waals surface area (Å²) in [5.74, 6) is -3.13. The van der Waals surface area contributed by atoms with E-state index >= 15 is 0 Å². The van der Waals surface area contributed by atoms with Crippen LogP contribution in [0.4, 0.5) is 25.4 Å². The lowest BCUT2D eigenvalue weighted by Gasteiger charge is -2.18. The van der Waals surface area contributed by atoms with Crippen LogP contribution in [0.2, 0.25) is 0 Å². The van der Waals surface area contributed by atoms with E-state index in [0.29, 0.717) is 17.8 Å². The zero-order valence-corrected chi connectivity index (χ0v) is 18.6. The first-order valence-corrected chi connectivity index (χ1v) is 10.5. The highest BCUT2D eigenvalue weighted by Gasteiger charge is 2.24. The molecule has 3 aromatic rings. The van der Waals surface area contributed by atoms with E-state index in [4.69, 9.17) is 5.73 Å². The molecule has 3 rings (SSSR count). The number of hydrogen-bond acceptors (Lipinski definition) is 7. The number of nitrogens with zero attached hydrogens (tertiary/aromatic N) is 2. The van der Waals surface area contributed by atoms with Crippen LogP contribution in [0.5, 0.6) is 0 Å². The largest absolute Gasteiger partial charge is 0.382 e. The Balaban J connectivity index is 1.71. The second-order valence-corrected chi connectivity index (χ2v) is 8.50. The Hall–Kier alpha value is -3.37. The van der Waals surface area contributed by atoms with Gasteiger partial charge < -0.3 is 21.3 Å². The molecule has 4 N–H and O–H groups in total. The topological polar surface area (TPSA) is 100 Å². The van der Waals surface area contributed by atoms with E-state index < -0.39 is 23.0 Å². The average molecular weight is 460 g/mol. The van der Waals surface area contributed by atoms with Crippen molar-refractivity contribution in [3.8, 4) is 0 Å². The van der Waals surface area contributed by atoms with Gasteiger partial charge in [-0.15, -0.1) is 0 Å². The van der Waals surface area contributed by atoms with E-state index in [9.17, 15) is 18.4 Å². The molecule has 0 aliphatic carbocycles. The third-order valence-corrected chi connectivity index (χ3v) is 5.45. The van der Waals surface area contributed by atoms with Crippen LogP contribution in [0.3, 0.4) is 0 Å². The maximum atomic E-state index is 13.9. The minimum absolute atomic E-state index is 0.0103. The molecule has 1 aromatic heterocycles. The number of thiazole rings is 1. The fourth-order valence-corrected chi connectivity index (χ4v) is 3.96. The number of ketones is 1. The summed E-state index contributed by atoms with van der Waals surface area (Å²) >= 11 is 0.885. The number of carbonyl (C=O) groups excluding carboxylic acids is 2. The summed E-state index contributed by atoms with van der Waals surface area (Å²) in [4.78, 5) is 30.9. The Morgan fingerprint density at radius 3 is 2.34 bits per heavy atom. The van der Waals surface area contributed by atoms with Crippen molar-refractivity contribution < 1.29 is 18.4 Å². The smallest absolute Gasteiger partial charge is 0.251 e. The van der Waals surface area contributed by atoms with E-state index in [1.54, 1.807) is 24.3 Å². The van der Waals surface area contributed by atoms with Crippen LogP contribution >= 0.6 is 11.3 Å². The summed E-state index contributed by atoms with van der Waals surface area (Å²) in [7, 11) is 3.86. The molecule has 1 amide bonds. The molecule has 1 atom stereocenters. The molecule has 0 unspecified atom stereocenters. The van der Waals surface area contributed by atoms with Crippen LogP contribution in [0.1, 0.15) is 32.5 Å². The van der Waals surface area contributed by atoms with E-state index in [0.717, 1.165) is 23.5 Å². The van der Waals surface area contributed by atoms with Crippen LogP contribution in [0, 0.1) is 11.6 Å². The molecular formula is C22H23F2N5O2S. The number of amides is 1. The second-order valence-electron chi connectivity index (χ2n) is 7.50. The maximum absolute atomic E-state index is 13.9. The molecule has 32 heavy (non-hydrogen) atoms. The van der Waals surface area contributed by atoms with Crippen LogP contribution in [0.25, 0.3) is 0 Å². The Morgan fingerprint density at radius 1 is 1.12 bits per heavy atom. The van der Waals surface area contributed by atoms with Gasteiger partial charge in [-0.2, -0.15) is 0 Å². The lowest BCUT2D eigenvalue weighted by Crippen LogP contribution is -2.39. The number of benzene rings is 2. The highest BCUT2D eigenvalue weighted by atomic mass is 32.1. The molecule has 0 saturated heterocycles. The Labute approximate surface area is 188 Å². The van der Waals surface area contributed by atoms with Crippen molar-refractivity contribution in [3.05, 3.63) is 70.1 Å². The summed E-state index contributed by atoms with van der Waals surface area (Å²) in [6.07, 6.45) is 0. The summed E-state index contributed by atoms with van der Waals surface area (Å²) in [5.41, 5.74) is 6.24. The van der Waals surface area contributed by atoms with Crippen molar-refractivity contribution in [2.75, 3.05) is 31.7 Å². The number of aromatic nitrogens is 1. The van der Waals surface area contributed by atoms with Gasteiger partial charge in [0.15, 0.2) is 5.13 Å². The average Bonchev–Trinajstić information content (AvgIpc) is 3.07. The Morgan fingerprint density at radius 2 is 1.75 bits per heavy atom. The predicted octanol–water partition coefficient (Wildman–Crippen LogP) is 3.66. The molecule has 2 aromatic carbocycles. The minimum atomic E-state index is -0.967. The van der Waals surface area contributed by atoms with Gasteiger partial charge in [0.2, 0.25) is 5.78 Å². The van der Waals surface area contributed by atoms with Gasteiger partial charge in [0.1, 0.15) is 22.3 Å². The first kappa shape index (κ1) is 23.3. The van der Waals surface area contributed by atoms with Crippen molar-refractivity contribution in [1.29, 1.82) is 0 Å². The van der Waals surface area contributed by atoms with Crippen molar-refractivity contribution >= 4 is 39.7 Å². The third kappa shape index (κ3) is 5.45. The van der Waals surface area contributed by atoms with Crippen LogP contribution in [0.15, 0.2) is 42.5 Å².